The number of para-hydroxylation sites is 2. The van der Waals surface area contributed by atoms with Gasteiger partial charge in [0.15, 0.2) is 0 Å². The van der Waals surface area contributed by atoms with Gasteiger partial charge in [-0.1, -0.05) is 36.4 Å². The smallest absolute Gasteiger partial charge is 0.237 e. The van der Waals surface area contributed by atoms with Crippen molar-refractivity contribution in [3.05, 3.63) is 66.4 Å². The van der Waals surface area contributed by atoms with Gasteiger partial charge in [-0.05, 0) is 30.2 Å². The molecule has 0 aliphatic carbocycles. The van der Waals surface area contributed by atoms with Gasteiger partial charge in [0.1, 0.15) is 0 Å². The first-order valence-electron chi connectivity index (χ1n) is 7.68. The van der Waals surface area contributed by atoms with E-state index in [0.717, 1.165) is 34.5 Å². The van der Waals surface area contributed by atoms with Crippen LogP contribution in [0.3, 0.4) is 0 Å². The molecule has 0 atom stereocenters. The molecule has 3 aromatic rings. The Morgan fingerprint density at radius 2 is 1.96 bits per heavy atom. The highest BCUT2D eigenvalue weighted by atomic mass is 32.2. The molecule has 1 aliphatic heterocycles. The first-order valence-corrected chi connectivity index (χ1v) is 8.66. The molecule has 4 rings (SSSR count). The number of hydrogen-bond acceptors (Lipinski definition) is 3. The summed E-state index contributed by atoms with van der Waals surface area (Å²) in [5, 5.41) is 1.11. The molecule has 0 N–H and O–H groups in total. The maximum atomic E-state index is 12.6. The van der Waals surface area contributed by atoms with Gasteiger partial charge in [0.05, 0.1) is 11.3 Å². The molecule has 0 bridgehead atoms. The number of anilines is 1. The second kappa shape index (κ2) is 6.05. The average Bonchev–Trinajstić information content (AvgIpc) is 3.04. The van der Waals surface area contributed by atoms with E-state index in [0.29, 0.717) is 5.75 Å². The van der Waals surface area contributed by atoms with E-state index in [2.05, 4.69) is 11.1 Å². The summed E-state index contributed by atoms with van der Waals surface area (Å²) < 4.78 is 0. The van der Waals surface area contributed by atoms with Crippen molar-refractivity contribution >= 4 is 34.3 Å². The summed E-state index contributed by atoms with van der Waals surface area (Å²) in [4.78, 5) is 20.0. The van der Waals surface area contributed by atoms with E-state index in [1.54, 1.807) is 18.0 Å². The molecule has 114 valence electrons. The number of aromatic nitrogens is 1. The molecule has 2 aromatic carbocycles. The van der Waals surface area contributed by atoms with Crippen LogP contribution in [0.25, 0.3) is 10.9 Å². The molecule has 0 saturated carbocycles. The third-order valence-corrected chi connectivity index (χ3v) is 5.17. The maximum absolute atomic E-state index is 12.6. The van der Waals surface area contributed by atoms with Gasteiger partial charge in [0.2, 0.25) is 5.91 Å². The predicted molar refractivity (Wildman–Crippen MR) is 95.0 cm³/mol. The number of benzene rings is 2. The lowest BCUT2D eigenvalue weighted by atomic mass is 10.2. The van der Waals surface area contributed by atoms with Gasteiger partial charge in [0.25, 0.3) is 0 Å². The van der Waals surface area contributed by atoms with E-state index in [-0.39, 0.29) is 5.91 Å². The molecular weight excluding hydrogens is 304 g/mol. The number of carbonyl (C=O) groups excluding carboxylic acids is 1. The number of carbonyl (C=O) groups is 1. The number of rotatable bonds is 3. The maximum Gasteiger partial charge on any atom is 0.237 e. The Morgan fingerprint density at radius 3 is 2.91 bits per heavy atom. The number of pyridine rings is 1. The van der Waals surface area contributed by atoms with Crippen LogP contribution in [-0.4, -0.2) is 23.2 Å². The Kier molecular flexibility index (Phi) is 3.75. The second-order valence-electron chi connectivity index (χ2n) is 5.54. The lowest BCUT2D eigenvalue weighted by Gasteiger charge is -2.17. The van der Waals surface area contributed by atoms with Gasteiger partial charge in [-0.25, -0.2) is 0 Å². The van der Waals surface area contributed by atoms with E-state index in [1.165, 1.54) is 5.56 Å². The molecule has 0 saturated heterocycles. The summed E-state index contributed by atoms with van der Waals surface area (Å²) in [6, 6.07) is 18.2. The Balaban J connectivity index is 1.52. The van der Waals surface area contributed by atoms with Crippen LogP contribution in [0.5, 0.6) is 0 Å². The third-order valence-electron chi connectivity index (χ3n) is 4.14. The van der Waals surface area contributed by atoms with Crippen molar-refractivity contribution in [2.24, 2.45) is 0 Å². The summed E-state index contributed by atoms with van der Waals surface area (Å²) in [5.74, 6) is 0.595. The van der Waals surface area contributed by atoms with Crippen molar-refractivity contribution in [3.8, 4) is 0 Å². The van der Waals surface area contributed by atoms with Crippen LogP contribution in [0.1, 0.15) is 5.56 Å². The van der Waals surface area contributed by atoms with Crippen LogP contribution < -0.4 is 4.90 Å². The molecule has 1 aliphatic rings. The lowest BCUT2D eigenvalue weighted by Crippen LogP contribution is -2.30. The number of thioether (sulfide) groups is 1. The molecule has 3 nitrogen and oxygen atoms in total. The Labute approximate surface area is 139 Å². The Morgan fingerprint density at radius 1 is 1.09 bits per heavy atom. The SMILES string of the molecule is O=C(CSc1cccc2cccnc12)N1CCc2ccccc21. The molecule has 0 radical (unpaired) electrons. The van der Waals surface area contributed by atoms with Crippen molar-refractivity contribution < 1.29 is 4.79 Å². The van der Waals surface area contributed by atoms with Crippen molar-refractivity contribution in [2.75, 3.05) is 17.2 Å². The highest BCUT2D eigenvalue weighted by Crippen LogP contribution is 2.30. The highest BCUT2D eigenvalue weighted by Gasteiger charge is 2.24. The van der Waals surface area contributed by atoms with Crippen molar-refractivity contribution in [1.82, 2.24) is 4.98 Å². The number of fused-ring (bicyclic) bond motifs is 2. The van der Waals surface area contributed by atoms with Crippen LogP contribution >= 0.6 is 11.8 Å². The minimum absolute atomic E-state index is 0.160. The molecule has 0 fully saturated rings. The quantitative estimate of drug-likeness (QED) is 0.686. The van der Waals surface area contributed by atoms with Crippen molar-refractivity contribution in [2.45, 2.75) is 11.3 Å². The largest absolute Gasteiger partial charge is 0.311 e. The van der Waals surface area contributed by atoms with Gasteiger partial charge in [-0.3, -0.25) is 9.78 Å². The fourth-order valence-electron chi connectivity index (χ4n) is 3.01. The summed E-state index contributed by atoms with van der Waals surface area (Å²) in [6.45, 7) is 0.784. The fraction of sp³-hybridized carbons (Fsp3) is 0.158. The fourth-order valence-corrected chi connectivity index (χ4v) is 3.92. The van der Waals surface area contributed by atoms with E-state index < -0.39 is 0 Å². The van der Waals surface area contributed by atoms with Gasteiger partial charge < -0.3 is 4.90 Å². The molecule has 0 unspecified atom stereocenters. The lowest BCUT2D eigenvalue weighted by molar-refractivity contribution is -0.116. The first-order chi connectivity index (χ1) is 11.3. The Bertz CT molecular complexity index is 873. The third kappa shape index (κ3) is 2.70. The number of amides is 1. The summed E-state index contributed by atoms with van der Waals surface area (Å²) in [5.41, 5.74) is 3.29. The minimum atomic E-state index is 0.160. The van der Waals surface area contributed by atoms with Gasteiger partial charge in [-0.15, -0.1) is 11.8 Å². The van der Waals surface area contributed by atoms with Crippen molar-refractivity contribution in [1.29, 1.82) is 0 Å². The van der Waals surface area contributed by atoms with Gasteiger partial charge in [0, 0.05) is 28.7 Å². The van der Waals surface area contributed by atoms with Gasteiger partial charge in [-0.2, -0.15) is 0 Å². The second-order valence-corrected chi connectivity index (χ2v) is 6.56. The van der Waals surface area contributed by atoms with Crippen LogP contribution in [0, 0.1) is 0 Å². The molecule has 23 heavy (non-hydrogen) atoms. The summed E-state index contributed by atoms with van der Waals surface area (Å²) in [6.07, 6.45) is 2.74. The molecule has 1 aromatic heterocycles. The van der Waals surface area contributed by atoms with E-state index in [4.69, 9.17) is 0 Å². The highest BCUT2D eigenvalue weighted by molar-refractivity contribution is 8.00. The molecular formula is C19H16N2OS. The molecule has 4 heteroatoms. The van der Waals surface area contributed by atoms with Gasteiger partial charge >= 0.3 is 0 Å². The van der Waals surface area contributed by atoms with Crippen LogP contribution in [-0.2, 0) is 11.2 Å². The first kappa shape index (κ1) is 14.3. The summed E-state index contributed by atoms with van der Waals surface area (Å²) in [7, 11) is 0. The minimum Gasteiger partial charge on any atom is -0.311 e. The average molecular weight is 320 g/mol. The normalized spacial score (nSPS) is 13.3. The van der Waals surface area contributed by atoms with E-state index in [9.17, 15) is 4.79 Å². The zero-order chi connectivity index (χ0) is 15.6. The van der Waals surface area contributed by atoms with E-state index in [1.807, 2.05) is 53.4 Å². The van der Waals surface area contributed by atoms with E-state index >= 15 is 0 Å². The van der Waals surface area contributed by atoms with Crippen LogP contribution in [0.2, 0.25) is 0 Å². The Hall–Kier alpha value is -2.33. The standard InChI is InChI=1S/C19H16N2OS/c22-18(21-12-10-14-5-1-2-8-16(14)21)13-23-17-9-3-6-15-7-4-11-20-19(15)17/h1-9,11H,10,12-13H2. The van der Waals surface area contributed by atoms with Crippen LogP contribution in [0.4, 0.5) is 5.69 Å². The number of hydrogen-bond donors (Lipinski definition) is 0. The molecule has 0 spiro atoms. The molecule has 2 heterocycles. The monoisotopic (exact) mass is 320 g/mol. The zero-order valence-electron chi connectivity index (χ0n) is 12.6. The summed E-state index contributed by atoms with van der Waals surface area (Å²) >= 11 is 1.57. The molecule has 1 amide bonds. The van der Waals surface area contributed by atoms with Crippen LogP contribution in [0.15, 0.2) is 65.7 Å². The topological polar surface area (TPSA) is 33.2 Å². The zero-order valence-corrected chi connectivity index (χ0v) is 13.4. The predicted octanol–water partition coefficient (Wildman–Crippen LogP) is 3.92. The number of nitrogens with zero attached hydrogens (tertiary/aromatic N) is 2. The van der Waals surface area contributed by atoms with Crippen molar-refractivity contribution in [3.63, 3.8) is 0 Å².